The first-order chi connectivity index (χ1) is 8.65. The molecule has 0 radical (unpaired) electrons. The molecule has 0 saturated heterocycles. The number of hydrogen-bond donors (Lipinski definition) is 1. The zero-order chi connectivity index (χ0) is 13.1. The van der Waals surface area contributed by atoms with E-state index < -0.39 is 11.9 Å². The smallest absolute Gasteiger partial charge is 0.170 e. The van der Waals surface area contributed by atoms with Gasteiger partial charge in [-0.15, -0.1) is 0 Å². The van der Waals surface area contributed by atoms with Crippen molar-refractivity contribution in [1.29, 1.82) is 0 Å². The van der Waals surface area contributed by atoms with Gasteiger partial charge in [-0.2, -0.15) is 0 Å². The van der Waals surface area contributed by atoms with Gasteiger partial charge in [0.05, 0.1) is 13.2 Å². The van der Waals surface area contributed by atoms with E-state index in [0.29, 0.717) is 5.56 Å². The maximum absolute atomic E-state index is 14.1. The molecule has 0 aliphatic carbocycles. The lowest BCUT2D eigenvalue weighted by molar-refractivity contribution is 0.383. The topological polar surface area (TPSA) is 35.2 Å². The van der Waals surface area contributed by atoms with Gasteiger partial charge in [-0.05, 0) is 40.3 Å². The standard InChI is InChI=1S/C14H13FINO/c1-18-12-8-4-6-10(13(12)15)14(17)9-5-2-3-7-11(9)16/h2-8,14H,17H2,1H3. The third-order valence-electron chi connectivity index (χ3n) is 2.79. The van der Waals surface area contributed by atoms with Crippen molar-refractivity contribution in [1.82, 2.24) is 0 Å². The fourth-order valence-corrected chi connectivity index (χ4v) is 2.54. The number of nitrogens with two attached hydrogens (primary N) is 1. The van der Waals surface area contributed by atoms with E-state index >= 15 is 0 Å². The van der Waals surface area contributed by atoms with E-state index in [-0.39, 0.29) is 5.75 Å². The third-order valence-corrected chi connectivity index (χ3v) is 3.77. The molecule has 0 aromatic heterocycles. The van der Waals surface area contributed by atoms with Crippen LogP contribution in [0.25, 0.3) is 0 Å². The number of rotatable bonds is 3. The minimum Gasteiger partial charge on any atom is -0.494 e. The molecule has 0 saturated carbocycles. The van der Waals surface area contributed by atoms with Gasteiger partial charge in [-0.3, -0.25) is 0 Å². The zero-order valence-corrected chi connectivity index (χ0v) is 12.0. The Morgan fingerprint density at radius 2 is 1.78 bits per heavy atom. The fraction of sp³-hybridized carbons (Fsp3) is 0.143. The normalized spacial score (nSPS) is 12.2. The van der Waals surface area contributed by atoms with Crippen LogP contribution >= 0.6 is 22.6 Å². The minimum atomic E-state index is -0.492. The second-order valence-corrected chi connectivity index (χ2v) is 5.02. The summed E-state index contributed by atoms with van der Waals surface area (Å²) in [5.41, 5.74) is 7.49. The van der Waals surface area contributed by atoms with Gasteiger partial charge < -0.3 is 10.5 Å². The summed E-state index contributed by atoms with van der Waals surface area (Å²) in [6.45, 7) is 0. The molecule has 2 rings (SSSR count). The maximum Gasteiger partial charge on any atom is 0.170 e. The van der Waals surface area contributed by atoms with Crippen LogP contribution in [0.3, 0.4) is 0 Å². The molecule has 0 aliphatic heterocycles. The van der Waals surface area contributed by atoms with Gasteiger partial charge in [0.25, 0.3) is 0 Å². The van der Waals surface area contributed by atoms with Crippen molar-refractivity contribution in [3.63, 3.8) is 0 Å². The van der Waals surface area contributed by atoms with Crippen LogP contribution in [0.5, 0.6) is 5.75 Å². The Kier molecular flexibility index (Phi) is 4.19. The largest absolute Gasteiger partial charge is 0.494 e. The average Bonchev–Trinajstić information content (AvgIpc) is 2.39. The van der Waals surface area contributed by atoms with Gasteiger partial charge in [-0.25, -0.2) is 4.39 Å². The molecule has 1 atom stereocenters. The van der Waals surface area contributed by atoms with Crippen LogP contribution in [0.2, 0.25) is 0 Å². The van der Waals surface area contributed by atoms with E-state index in [4.69, 9.17) is 10.5 Å². The summed E-state index contributed by atoms with van der Waals surface area (Å²) in [6, 6.07) is 12.2. The summed E-state index contributed by atoms with van der Waals surface area (Å²) in [4.78, 5) is 0. The molecule has 1 unspecified atom stereocenters. The lowest BCUT2D eigenvalue weighted by Crippen LogP contribution is -2.15. The average molecular weight is 357 g/mol. The Morgan fingerprint density at radius 1 is 1.11 bits per heavy atom. The number of hydrogen-bond acceptors (Lipinski definition) is 2. The van der Waals surface area contributed by atoms with Gasteiger partial charge in [-0.1, -0.05) is 30.3 Å². The lowest BCUT2D eigenvalue weighted by atomic mass is 9.99. The molecule has 2 nitrogen and oxygen atoms in total. The predicted molar refractivity (Wildman–Crippen MR) is 78.1 cm³/mol. The van der Waals surface area contributed by atoms with Crippen LogP contribution in [-0.4, -0.2) is 7.11 Å². The van der Waals surface area contributed by atoms with Gasteiger partial charge in [0.2, 0.25) is 0 Å². The van der Waals surface area contributed by atoms with Crippen molar-refractivity contribution in [3.05, 3.63) is 63.0 Å². The van der Waals surface area contributed by atoms with Crippen LogP contribution in [0, 0.1) is 9.39 Å². The highest BCUT2D eigenvalue weighted by Gasteiger charge is 2.18. The monoisotopic (exact) mass is 357 g/mol. The molecule has 0 fully saturated rings. The van der Waals surface area contributed by atoms with Crippen LogP contribution in [0.4, 0.5) is 4.39 Å². The Labute approximate surface area is 119 Å². The van der Waals surface area contributed by atoms with Crippen molar-refractivity contribution >= 4 is 22.6 Å². The molecule has 0 bridgehead atoms. The van der Waals surface area contributed by atoms with Gasteiger partial charge in [0, 0.05) is 9.13 Å². The van der Waals surface area contributed by atoms with E-state index in [1.165, 1.54) is 7.11 Å². The minimum absolute atomic E-state index is 0.217. The molecule has 4 heteroatoms. The number of methoxy groups -OCH3 is 1. The van der Waals surface area contributed by atoms with Gasteiger partial charge >= 0.3 is 0 Å². The molecule has 2 N–H and O–H groups in total. The third kappa shape index (κ3) is 2.49. The van der Waals surface area contributed by atoms with Crippen LogP contribution in [0.15, 0.2) is 42.5 Å². The first-order valence-electron chi connectivity index (χ1n) is 5.47. The second kappa shape index (κ2) is 5.67. The van der Waals surface area contributed by atoms with Crippen LogP contribution in [0.1, 0.15) is 17.2 Å². The number of ether oxygens (including phenoxy) is 1. The van der Waals surface area contributed by atoms with Crippen LogP contribution in [-0.2, 0) is 0 Å². The first-order valence-corrected chi connectivity index (χ1v) is 6.55. The Morgan fingerprint density at radius 3 is 2.44 bits per heavy atom. The predicted octanol–water partition coefficient (Wildman–Crippen LogP) is 3.49. The Bertz CT molecular complexity index is 559. The van der Waals surface area contributed by atoms with Crippen molar-refractivity contribution in [2.75, 3.05) is 7.11 Å². The summed E-state index contributed by atoms with van der Waals surface area (Å²) in [7, 11) is 1.44. The summed E-state index contributed by atoms with van der Waals surface area (Å²) in [5.74, 6) is -0.180. The number of halogens is 2. The molecule has 0 spiro atoms. The van der Waals surface area contributed by atoms with Crippen molar-refractivity contribution in [2.45, 2.75) is 6.04 Å². The maximum atomic E-state index is 14.1. The summed E-state index contributed by atoms with van der Waals surface area (Å²) >= 11 is 2.20. The van der Waals surface area contributed by atoms with E-state index in [1.807, 2.05) is 24.3 Å². The van der Waals surface area contributed by atoms with E-state index in [1.54, 1.807) is 18.2 Å². The van der Waals surface area contributed by atoms with Gasteiger partial charge in [0.15, 0.2) is 11.6 Å². The van der Waals surface area contributed by atoms with E-state index in [0.717, 1.165) is 9.13 Å². The Hall–Kier alpha value is -1.14. The van der Waals surface area contributed by atoms with Gasteiger partial charge in [0.1, 0.15) is 0 Å². The highest BCUT2D eigenvalue weighted by atomic mass is 127. The number of benzene rings is 2. The molecule has 2 aromatic carbocycles. The van der Waals surface area contributed by atoms with E-state index in [2.05, 4.69) is 22.6 Å². The molecule has 18 heavy (non-hydrogen) atoms. The zero-order valence-electron chi connectivity index (χ0n) is 9.86. The quantitative estimate of drug-likeness (QED) is 0.854. The molecule has 0 aliphatic rings. The summed E-state index contributed by atoms with van der Waals surface area (Å²) < 4.78 is 20.1. The summed E-state index contributed by atoms with van der Waals surface area (Å²) in [5, 5.41) is 0. The lowest BCUT2D eigenvalue weighted by Gasteiger charge is -2.16. The van der Waals surface area contributed by atoms with Crippen LogP contribution < -0.4 is 10.5 Å². The van der Waals surface area contributed by atoms with E-state index in [9.17, 15) is 4.39 Å². The van der Waals surface area contributed by atoms with Crippen molar-refractivity contribution in [3.8, 4) is 5.75 Å². The molecular formula is C14H13FINO. The SMILES string of the molecule is COc1cccc(C(N)c2ccccc2I)c1F. The highest BCUT2D eigenvalue weighted by molar-refractivity contribution is 14.1. The molecule has 94 valence electrons. The fourth-order valence-electron chi connectivity index (χ4n) is 1.82. The summed E-state index contributed by atoms with van der Waals surface area (Å²) in [6.07, 6.45) is 0. The molecule has 0 heterocycles. The molecule has 0 amide bonds. The van der Waals surface area contributed by atoms with Crippen molar-refractivity contribution in [2.24, 2.45) is 5.73 Å². The Balaban J connectivity index is 2.47. The second-order valence-electron chi connectivity index (χ2n) is 3.86. The highest BCUT2D eigenvalue weighted by Crippen LogP contribution is 2.29. The van der Waals surface area contributed by atoms with Crippen molar-refractivity contribution < 1.29 is 9.13 Å². The molecular weight excluding hydrogens is 344 g/mol. The first kappa shape index (κ1) is 13.3. The molecule has 2 aromatic rings.